The highest BCUT2D eigenvalue weighted by atomic mass is 35.5. The van der Waals surface area contributed by atoms with Crippen molar-refractivity contribution < 1.29 is 9.59 Å². The van der Waals surface area contributed by atoms with Crippen molar-refractivity contribution in [1.82, 2.24) is 10.6 Å². The van der Waals surface area contributed by atoms with Crippen LogP contribution in [0.1, 0.15) is 36.1 Å². The lowest BCUT2D eigenvalue weighted by Crippen LogP contribution is -2.33. The van der Waals surface area contributed by atoms with Gasteiger partial charge in [0.05, 0.1) is 12.5 Å². The van der Waals surface area contributed by atoms with E-state index in [1.807, 2.05) is 12.1 Å². The van der Waals surface area contributed by atoms with E-state index in [4.69, 9.17) is 11.6 Å². The average Bonchev–Trinajstić information content (AvgIpc) is 2.63. The highest BCUT2D eigenvalue weighted by molar-refractivity contribution is 7.98. The maximum Gasteiger partial charge on any atom is 0.222 e. The Labute approximate surface area is 170 Å². The van der Waals surface area contributed by atoms with Crippen LogP contribution in [0.25, 0.3) is 0 Å². The van der Waals surface area contributed by atoms with E-state index < -0.39 is 0 Å². The minimum Gasteiger partial charge on any atom is -0.355 e. The maximum absolute atomic E-state index is 12.2. The third-order valence-corrected chi connectivity index (χ3v) is 5.28. The van der Waals surface area contributed by atoms with E-state index >= 15 is 0 Å². The molecule has 2 N–H and O–H groups in total. The van der Waals surface area contributed by atoms with Crippen molar-refractivity contribution in [2.45, 2.75) is 32.1 Å². The van der Waals surface area contributed by atoms with Crippen LogP contribution >= 0.6 is 23.4 Å². The fraction of sp³-hybridized carbons (Fsp3) is 0.333. The highest BCUT2D eigenvalue weighted by Crippen LogP contribution is 2.19. The Bertz CT molecular complexity index is 748. The number of aryl methyl sites for hydroxylation is 1. The molecule has 0 fully saturated rings. The largest absolute Gasteiger partial charge is 0.355 e. The summed E-state index contributed by atoms with van der Waals surface area (Å²) in [6.45, 7) is 4.12. The van der Waals surface area contributed by atoms with E-state index in [1.54, 1.807) is 23.9 Å². The van der Waals surface area contributed by atoms with Crippen LogP contribution in [0.2, 0.25) is 5.02 Å². The summed E-state index contributed by atoms with van der Waals surface area (Å²) in [7, 11) is 0. The normalized spacial score (nSPS) is 11.7. The van der Waals surface area contributed by atoms with Crippen molar-refractivity contribution in [3.8, 4) is 0 Å². The summed E-state index contributed by atoms with van der Waals surface area (Å²) in [5.74, 6) is 1.51. The summed E-state index contributed by atoms with van der Waals surface area (Å²) in [4.78, 5) is 23.7. The lowest BCUT2D eigenvalue weighted by atomic mass is 10.0. The summed E-state index contributed by atoms with van der Waals surface area (Å²) in [5.41, 5.74) is 3.40. The fourth-order valence-electron chi connectivity index (χ4n) is 2.59. The number of carbonyl (C=O) groups is 2. The van der Waals surface area contributed by atoms with Gasteiger partial charge in [0.1, 0.15) is 0 Å². The summed E-state index contributed by atoms with van der Waals surface area (Å²) in [5, 5.41) is 6.37. The first-order chi connectivity index (χ1) is 12.9. The molecule has 0 saturated carbocycles. The first-order valence-electron chi connectivity index (χ1n) is 8.86. The third-order valence-electron chi connectivity index (χ3n) is 4.00. The van der Waals surface area contributed by atoms with Gasteiger partial charge in [-0.2, -0.15) is 11.8 Å². The molecule has 2 rings (SSSR count). The molecule has 0 heterocycles. The average molecular weight is 405 g/mol. The van der Waals surface area contributed by atoms with Crippen molar-refractivity contribution in [1.29, 1.82) is 0 Å². The molecule has 4 nitrogen and oxygen atoms in total. The topological polar surface area (TPSA) is 58.2 Å². The second-order valence-electron chi connectivity index (χ2n) is 6.40. The Balaban J connectivity index is 1.75. The number of amides is 2. The molecule has 1 atom stereocenters. The predicted molar refractivity (Wildman–Crippen MR) is 113 cm³/mol. The molecule has 0 aliphatic carbocycles. The zero-order valence-corrected chi connectivity index (χ0v) is 17.2. The van der Waals surface area contributed by atoms with Gasteiger partial charge in [0.15, 0.2) is 0 Å². The van der Waals surface area contributed by atoms with Crippen LogP contribution in [0.5, 0.6) is 0 Å². The molecule has 144 valence electrons. The number of nitrogens with one attached hydrogen (secondary N) is 2. The van der Waals surface area contributed by atoms with Crippen molar-refractivity contribution in [2.75, 3.05) is 12.3 Å². The van der Waals surface area contributed by atoms with Crippen molar-refractivity contribution >= 4 is 35.2 Å². The summed E-state index contributed by atoms with van der Waals surface area (Å²) in [6.07, 6.45) is 0.198. The number of thioether (sulfide) groups is 1. The quantitative estimate of drug-likeness (QED) is 0.614. The Morgan fingerprint density at radius 1 is 1.07 bits per heavy atom. The molecule has 2 amide bonds. The van der Waals surface area contributed by atoms with Crippen molar-refractivity contribution in [2.24, 2.45) is 0 Å². The summed E-state index contributed by atoms with van der Waals surface area (Å²) in [6, 6.07) is 15.3. The Kier molecular flexibility index (Phi) is 8.69. The Morgan fingerprint density at radius 3 is 2.37 bits per heavy atom. The Hall–Kier alpha value is -1.98. The van der Waals surface area contributed by atoms with Crippen LogP contribution in [0, 0.1) is 6.92 Å². The van der Waals surface area contributed by atoms with E-state index in [0.29, 0.717) is 11.6 Å². The molecule has 0 spiro atoms. The van der Waals surface area contributed by atoms with Gasteiger partial charge in [0.25, 0.3) is 0 Å². The molecular formula is C21H25ClN2O2S. The molecule has 0 bridgehead atoms. The van der Waals surface area contributed by atoms with E-state index in [2.05, 4.69) is 41.8 Å². The lowest BCUT2D eigenvalue weighted by molar-refractivity contribution is -0.122. The van der Waals surface area contributed by atoms with Crippen molar-refractivity contribution in [3.05, 3.63) is 70.2 Å². The molecular weight excluding hydrogens is 380 g/mol. The number of carbonyl (C=O) groups excluding carboxylic acids is 2. The molecule has 0 saturated heterocycles. The predicted octanol–water partition coefficient (Wildman–Crippen LogP) is 4.27. The molecule has 6 heteroatoms. The molecule has 2 aromatic rings. The molecule has 0 aromatic heterocycles. The van der Waals surface area contributed by atoms with Gasteiger partial charge in [-0.15, -0.1) is 0 Å². The monoisotopic (exact) mass is 404 g/mol. The van der Waals surface area contributed by atoms with E-state index in [-0.39, 0.29) is 24.3 Å². The number of halogens is 1. The van der Waals surface area contributed by atoms with Crippen LogP contribution in [-0.2, 0) is 15.3 Å². The van der Waals surface area contributed by atoms with Crippen molar-refractivity contribution in [3.63, 3.8) is 0 Å². The van der Waals surface area contributed by atoms with Gasteiger partial charge in [-0.05, 0) is 30.2 Å². The number of rotatable bonds is 9. The maximum atomic E-state index is 12.2. The van der Waals surface area contributed by atoms with Gasteiger partial charge in [-0.25, -0.2) is 0 Å². The van der Waals surface area contributed by atoms with Gasteiger partial charge in [-0.1, -0.05) is 53.6 Å². The minimum absolute atomic E-state index is 0.0837. The number of benzene rings is 2. The van der Waals surface area contributed by atoms with Crippen LogP contribution < -0.4 is 10.6 Å². The molecule has 0 aliphatic heterocycles. The highest BCUT2D eigenvalue weighted by Gasteiger charge is 2.16. The molecule has 0 aliphatic rings. The second-order valence-corrected chi connectivity index (χ2v) is 7.94. The summed E-state index contributed by atoms with van der Waals surface area (Å²) < 4.78 is 0. The SMILES string of the molecule is CC(=O)NC(CC(=O)NCCSCc1ccc(C)cc1)c1ccc(Cl)cc1. The fourth-order valence-corrected chi connectivity index (χ4v) is 3.53. The number of hydrogen-bond donors (Lipinski definition) is 2. The molecule has 0 radical (unpaired) electrons. The minimum atomic E-state index is -0.361. The van der Waals surface area contributed by atoms with Gasteiger partial charge in [0, 0.05) is 30.0 Å². The van der Waals surface area contributed by atoms with Gasteiger partial charge < -0.3 is 10.6 Å². The zero-order chi connectivity index (χ0) is 19.6. The molecule has 27 heavy (non-hydrogen) atoms. The van der Waals surface area contributed by atoms with E-state index in [1.165, 1.54) is 18.1 Å². The molecule has 2 aromatic carbocycles. The van der Waals surface area contributed by atoms with Crippen LogP contribution in [0.4, 0.5) is 0 Å². The smallest absolute Gasteiger partial charge is 0.222 e. The first kappa shape index (κ1) is 21.3. The molecule has 1 unspecified atom stereocenters. The van der Waals surface area contributed by atoms with Gasteiger partial charge in [-0.3, -0.25) is 9.59 Å². The van der Waals surface area contributed by atoms with Crippen LogP contribution in [0.3, 0.4) is 0 Å². The number of hydrogen-bond acceptors (Lipinski definition) is 3. The van der Waals surface area contributed by atoms with E-state index in [0.717, 1.165) is 17.1 Å². The Morgan fingerprint density at radius 2 is 1.74 bits per heavy atom. The van der Waals surface area contributed by atoms with Gasteiger partial charge >= 0.3 is 0 Å². The summed E-state index contributed by atoms with van der Waals surface area (Å²) >= 11 is 7.69. The van der Waals surface area contributed by atoms with E-state index in [9.17, 15) is 9.59 Å². The second kappa shape index (κ2) is 11.0. The third kappa shape index (κ3) is 8.06. The van der Waals surface area contributed by atoms with Gasteiger partial charge in [0.2, 0.25) is 11.8 Å². The zero-order valence-electron chi connectivity index (χ0n) is 15.6. The standard InChI is InChI=1S/C21H25ClN2O2S/c1-15-3-5-17(6-4-15)14-27-12-11-23-21(26)13-20(24-16(2)25)18-7-9-19(22)10-8-18/h3-10,20H,11-14H2,1-2H3,(H,23,26)(H,24,25). The van der Waals surface area contributed by atoms with Crippen LogP contribution in [0.15, 0.2) is 48.5 Å². The lowest BCUT2D eigenvalue weighted by Gasteiger charge is -2.18. The first-order valence-corrected chi connectivity index (χ1v) is 10.4. The van der Waals surface area contributed by atoms with Crippen LogP contribution in [-0.4, -0.2) is 24.1 Å².